The molecule has 0 saturated carbocycles. The Balaban J connectivity index is 3.53. The van der Waals surface area contributed by atoms with E-state index in [1.54, 1.807) is 7.11 Å². The van der Waals surface area contributed by atoms with Crippen molar-refractivity contribution in [1.29, 1.82) is 0 Å². The number of hydrogen-bond acceptors (Lipinski definition) is 6. The summed E-state index contributed by atoms with van der Waals surface area (Å²) in [6.07, 6.45) is 18.4. The fourth-order valence-electron chi connectivity index (χ4n) is 3.26. The molecule has 33 heavy (non-hydrogen) atoms. The highest BCUT2D eigenvalue weighted by atomic mass is 32.2. The molecular formula is C24H53NO5PS2+. The maximum absolute atomic E-state index is 12.0. The number of phosphoric acid groups is 1. The second-order valence-corrected chi connectivity index (χ2v) is 13.4. The van der Waals surface area contributed by atoms with Crippen molar-refractivity contribution in [2.75, 3.05) is 71.5 Å². The van der Waals surface area contributed by atoms with Gasteiger partial charge in [-0.25, -0.2) is 4.57 Å². The van der Waals surface area contributed by atoms with Crippen molar-refractivity contribution < 1.29 is 27.7 Å². The maximum Gasteiger partial charge on any atom is 0.472 e. The van der Waals surface area contributed by atoms with Crippen LogP contribution < -0.4 is 0 Å². The lowest BCUT2D eigenvalue weighted by atomic mass is 10.1. The lowest BCUT2D eigenvalue weighted by Crippen LogP contribution is -2.37. The minimum absolute atomic E-state index is 0.0689. The lowest BCUT2D eigenvalue weighted by Gasteiger charge is -2.24. The zero-order chi connectivity index (χ0) is 24.8. The number of phosphoric ester groups is 1. The van der Waals surface area contributed by atoms with Crippen LogP contribution in [0.15, 0.2) is 0 Å². The molecule has 0 aliphatic rings. The number of methoxy groups -OCH3 is 1. The molecule has 9 heteroatoms. The summed E-state index contributed by atoms with van der Waals surface area (Å²) < 4.78 is 28.2. The van der Waals surface area contributed by atoms with Crippen LogP contribution in [0.2, 0.25) is 0 Å². The molecule has 0 aromatic rings. The Morgan fingerprint density at radius 1 is 0.818 bits per heavy atom. The third kappa shape index (κ3) is 25.6. The summed E-state index contributed by atoms with van der Waals surface area (Å²) in [6.45, 7) is 0.887. The van der Waals surface area contributed by atoms with Crippen LogP contribution in [0.25, 0.3) is 0 Å². The highest BCUT2D eigenvalue weighted by molar-refractivity contribution is 7.99. The summed E-state index contributed by atoms with van der Waals surface area (Å²) in [4.78, 5) is 9.81. The van der Waals surface area contributed by atoms with E-state index in [4.69, 9.17) is 13.8 Å². The van der Waals surface area contributed by atoms with E-state index >= 15 is 0 Å². The van der Waals surface area contributed by atoms with E-state index in [1.807, 2.05) is 44.7 Å². The minimum Gasteiger partial charge on any atom is -0.378 e. The second-order valence-electron chi connectivity index (χ2n) is 9.78. The SMILES string of the molecule is COC(COP(=O)(O)OCC[N+](C)(C)C)CSCCCCCCCCCCCCCCSC. The molecule has 0 heterocycles. The summed E-state index contributed by atoms with van der Waals surface area (Å²) in [5.41, 5.74) is 0. The standard InChI is InChI=1S/C24H52NO5PS2/c1-25(2,3)18-19-29-31(26,27)30-22-24(28-4)23-33-21-17-15-13-11-9-7-6-8-10-12-14-16-20-32-5/h24H,6-23H2,1-5H3/p+1. The first-order chi connectivity index (χ1) is 15.7. The van der Waals surface area contributed by atoms with Crippen molar-refractivity contribution in [3.05, 3.63) is 0 Å². The number of quaternary nitrogens is 1. The van der Waals surface area contributed by atoms with Crippen LogP contribution in [-0.2, 0) is 18.3 Å². The van der Waals surface area contributed by atoms with Crippen molar-refractivity contribution in [3.63, 3.8) is 0 Å². The summed E-state index contributed by atoms with van der Waals surface area (Å²) in [6, 6.07) is 0. The Morgan fingerprint density at radius 2 is 1.30 bits per heavy atom. The third-order valence-electron chi connectivity index (χ3n) is 5.46. The predicted octanol–water partition coefficient (Wildman–Crippen LogP) is 6.62. The Labute approximate surface area is 213 Å². The van der Waals surface area contributed by atoms with Crippen LogP contribution in [0.4, 0.5) is 0 Å². The molecule has 200 valence electrons. The molecule has 0 bridgehead atoms. The van der Waals surface area contributed by atoms with Crippen molar-refractivity contribution in [1.82, 2.24) is 0 Å². The van der Waals surface area contributed by atoms with E-state index in [0.29, 0.717) is 11.0 Å². The van der Waals surface area contributed by atoms with Crippen LogP contribution in [0, 0.1) is 0 Å². The monoisotopic (exact) mass is 530 g/mol. The molecule has 0 rings (SSSR count). The molecule has 2 unspecified atom stereocenters. The number of unbranched alkanes of at least 4 members (excludes halogenated alkanes) is 11. The van der Waals surface area contributed by atoms with Gasteiger partial charge >= 0.3 is 7.82 Å². The van der Waals surface area contributed by atoms with Crippen LogP contribution in [0.1, 0.15) is 77.0 Å². The zero-order valence-electron chi connectivity index (χ0n) is 22.1. The fourth-order valence-corrected chi connectivity index (χ4v) is 5.57. The van der Waals surface area contributed by atoms with Gasteiger partial charge in [-0.1, -0.05) is 64.2 Å². The van der Waals surface area contributed by atoms with Crippen molar-refractivity contribution >= 4 is 31.3 Å². The van der Waals surface area contributed by atoms with Gasteiger partial charge in [-0.15, -0.1) is 0 Å². The van der Waals surface area contributed by atoms with E-state index in [-0.39, 0.29) is 19.3 Å². The predicted molar refractivity (Wildman–Crippen MR) is 147 cm³/mol. The van der Waals surface area contributed by atoms with Crippen LogP contribution in [0.5, 0.6) is 0 Å². The molecule has 0 saturated heterocycles. The Morgan fingerprint density at radius 3 is 1.76 bits per heavy atom. The molecule has 0 aromatic heterocycles. The van der Waals surface area contributed by atoms with E-state index < -0.39 is 7.82 Å². The highest BCUT2D eigenvalue weighted by Crippen LogP contribution is 2.43. The molecule has 0 aliphatic heterocycles. The van der Waals surface area contributed by atoms with E-state index in [2.05, 4.69) is 6.26 Å². The number of hydrogen-bond donors (Lipinski definition) is 1. The number of nitrogens with zero attached hydrogens (tertiary/aromatic N) is 1. The van der Waals surface area contributed by atoms with Gasteiger partial charge in [0.25, 0.3) is 0 Å². The quantitative estimate of drug-likeness (QED) is 0.0808. The average molecular weight is 531 g/mol. The largest absolute Gasteiger partial charge is 0.472 e. The van der Waals surface area contributed by atoms with Gasteiger partial charge < -0.3 is 14.1 Å². The summed E-state index contributed by atoms with van der Waals surface area (Å²) in [5, 5.41) is 0. The second kappa shape index (κ2) is 22.0. The van der Waals surface area contributed by atoms with E-state index in [0.717, 1.165) is 11.5 Å². The Kier molecular flexibility index (Phi) is 22.5. The molecule has 2 atom stereocenters. The van der Waals surface area contributed by atoms with Crippen molar-refractivity contribution in [3.8, 4) is 0 Å². The van der Waals surface area contributed by atoms with Gasteiger partial charge in [0.05, 0.1) is 33.9 Å². The summed E-state index contributed by atoms with van der Waals surface area (Å²) >= 11 is 3.78. The highest BCUT2D eigenvalue weighted by Gasteiger charge is 2.24. The molecular weight excluding hydrogens is 477 g/mol. The summed E-state index contributed by atoms with van der Waals surface area (Å²) in [7, 11) is 3.60. The molecule has 0 radical (unpaired) electrons. The third-order valence-corrected chi connectivity index (χ3v) is 8.33. The molecule has 1 N–H and O–H groups in total. The first-order valence-corrected chi connectivity index (χ1v) is 16.8. The van der Waals surface area contributed by atoms with Gasteiger partial charge in [0.15, 0.2) is 0 Å². The lowest BCUT2D eigenvalue weighted by molar-refractivity contribution is -0.870. The van der Waals surface area contributed by atoms with Crippen molar-refractivity contribution in [2.24, 2.45) is 0 Å². The average Bonchev–Trinajstić information content (AvgIpc) is 2.74. The number of thioether (sulfide) groups is 2. The van der Waals surface area contributed by atoms with Crippen LogP contribution in [0.3, 0.4) is 0 Å². The molecule has 0 fully saturated rings. The van der Waals surface area contributed by atoms with Gasteiger partial charge in [-0.3, -0.25) is 9.05 Å². The first kappa shape index (κ1) is 33.7. The van der Waals surface area contributed by atoms with Crippen LogP contribution >= 0.6 is 31.3 Å². The maximum atomic E-state index is 12.0. The van der Waals surface area contributed by atoms with Gasteiger partial charge in [0.1, 0.15) is 13.2 Å². The molecule has 0 spiro atoms. The number of likely N-dealkylation sites (N-methyl/N-ethyl adjacent to an activating group) is 1. The minimum atomic E-state index is -4.02. The fraction of sp³-hybridized carbons (Fsp3) is 1.00. The Hall–Kier alpha value is 0.730. The number of rotatable bonds is 25. The van der Waals surface area contributed by atoms with Gasteiger partial charge in [-0.05, 0) is 30.6 Å². The van der Waals surface area contributed by atoms with E-state index in [1.165, 1.54) is 82.8 Å². The molecule has 0 aromatic carbocycles. The Bertz CT molecular complexity index is 480. The zero-order valence-corrected chi connectivity index (χ0v) is 24.6. The van der Waals surface area contributed by atoms with Gasteiger partial charge in [0, 0.05) is 12.9 Å². The first-order valence-electron chi connectivity index (χ1n) is 12.7. The van der Waals surface area contributed by atoms with Gasteiger partial charge in [-0.2, -0.15) is 23.5 Å². The normalized spacial score (nSPS) is 15.0. The van der Waals surface area contributed by atoms with E-state index in [9.17, 15) is 9.46 Å². The molecule has 0 aliphatic carbocycles. The molecule has 6 nitrogen and oxygen atoms in total. The topological polar surface area (TPSA) is 65.0 Å². The molecule has 0 amide bonds. The van der Waals surface area contributed by atoms with Gasteiger partial charge in [0.2, 0.25) is 0 Å². The number of ether oxygens (including phenoxy) is 1. The smallest absolute Gasteiger partial charge is 0.378 e. The van der Waals surface area contributed by atoms with Crippen molar-refractivity contribution in [2.45, 2.75) is 83.2 Å². The van der Waals surface area contributed by atoms with Crippen LogP contribution in [-0.4, -0.2) is 87.0 Å². The summed E-state index contributed by atoms with van der Waals surface area (Å²) in [5.74, 6) is 3.17.